The molecule has 2 aliphatic rings. The summed E-state index contributed by atoms with van der Waals surface area (Å²) in [5.74, 6) is -0.513. The molecule has 0 aromatic rings. The van der Waals surface area contributed by atoms with Crippen molar-refractivity contribution >= 4 is 23.3 Å². The summed E-state index contributed by atoms with van der Waals surface area (Å²) >= 11 is 1.51. The molecule has 0 amide bonds. The summed E-state index contributed by atoms with van der Waals surface area (Å²) in [7, 11) is 2.75. The van der Waals surface area contributed by atoms with E-state index < -0.39 is 0 Å². The predicted octanol–water partition coefficient (Wildman–Crippen LogP) is 2.59. The van der Waals surface area contributed by atoms with Gasteiger partial charge in [0.2, 0.25) is 23.1 Å². The first-order chi connectivity index (χ1) is 9.17. The van der Waals surface area contributed by atoms with E-state index in [4.69, 9.17) is 9.47 Å². The smallest absolute Gasteiger partial charge is 0.238 e. The third kappa shape index (κ3) is 3.03. The van der Waals surface area contributed by atoms with Crippen LogP contribution in [0.5, 0.6) is 0 Å². The number of methoxy groups -OCH3 is 2. The number of carbonyl (C=O) groups is 2. The molecule has 0 aliphatic heterocycles. The molecular weight excluding hydrogens is 264 g/mol. The Kier molecular flexibility index (Phi) is 4.69. The number of ether oxygens (including phenoxy) is 2. The van der Waals surface area contributed by atoms with Crippen LogP contribution in [-0.4, -0.2) is 31.0 Å². The molecule has 0 spiro atoms. The first kappa shape index (κ1) is 14.2. The van der Waals surface area contributed by atoms with E-state index in [1.807, 2.05) is 0 Å². The monoisotopic (exact) mass is 282 g/mol. The number of hydrogen-bond acceptors (Lipinski definition) is 5. The highest BCUT2D eigenvalue weighted by Crippen LogP contribution is 2.36. The first-order valence-electron chi connectivity index (χ1n) is 6.47. The fraction of sp³-hybridized carbons (Fsp3) is 0.571. The van der Waals surface area contributed by atoms with Crippen molar-refractivity contribution in [3.63, 3.8) is 0 Å². The maximum Gasteiger partial charge on any atom is 0.238 e. The summed E-state index contributed by atoms with van der Waals surface area (Å²) < 4.78 is 9.97. The van der Waals surface area contributed by atoms with E-state index >= 15 is 0 Å². The van der Waals surface area contributed by atoms with Crippen LogP contribution in [0, 0.1) is 0 Å². The number of hydrogen-bond donors (Lipinski definition) is 0. The summed E-state index contributed by atoms with van der Waals surface area (Å²) in [5.41, 5.74) is 0. The molecule has 0 radical (unpaired) electrons. The van der Waals surface area contributed by atoms with Gasteiger partial charge in [0.05, 0.1) is 19.1 Å². The standard InChI is InChI=1S/C14H18O4S/c1-17-13-10(15)8-11(12(16)14(13)18-2)19-9-6-4-3-5-7-9/h8-9H,3-7H2,1-2H3. The SMILES string of the molecule is COC1=C(OC)C(=O)C(SC2CCCCC2)=CC1=O. The Morgan fingerprint density at radius 3 is 2.26 bits per heavy atom. The number of rotatable bonds is 4. The van der Waals surface area contributed by atoms with Crippen molar-refractivity contribution < 1.29 is 19.1 Å². The molecule has 2 aliphatic carbocycles. The van der Waals surface area contributed by atoms with Crippen molar-refractivity contribution in [1.29, 1.82) is 0 Å². The minimum Gasteiger partial charge on any atom is -0.490 e. The Morgan fingerprint density at radius 2 is 1.68 bits per heavy atom. The van der Waals surface area contributed by atoms with Crippen LogP contribution in [0.4, 0.5) is 0 Å². The van der Waals surface area contributed by atoms with Crippen molar-refractivity contribution in [3.8, 4) is 0 Å². The Labute approximate surface area is 117 Å². The minimum atomic E-state index is -0.294. The molecule has 0 aromatic heterocycles. The lowest BCUT2D eigenvalue weighted by Gasteiger charge is -2.23. The fourth-order valence-corrected chi connectivity index (χ4v) is 3.71. The number of Topliss-reactive ketones (excluding diaryl/α,β-unsaturated/α-hetero) is 1. The average molecular weight is 282 g/mol. The summed E-state index contributed by atoms with van der Waals surface area (Å²) in [5, 5.41) is 0.430. The molecule has 0 aromatic carbocycles. The molecule has 0 unspecified atom stereocenters. The Bertz CT molecular complexity index is 444. The van der Waals surface area contributed by atoms with Crippen LogP contribution in [0.3, 0.4) is 0 Å². The molecule has 0 N–H and O–H groups in total. The number of carbonyl (C=O) groups excluding carboxylic acids is 2. The van der Waals surface area contributed by atoms with Gasteiger partial charge in [0.25, 0.3) is 0 Å². The second-order valence-electron chi connectivity index (χ2n) is 4.65. The highest BCUT2D eigenvalue weighted by Gasteiger charge is 2.32. The van der Waals surface area contributed by atoms with Gasteiger partial charge in [0.15, 0.2) is 0 Å². The number of thioether (sulfide) groups is 1. The largest absolute Gasteiger partial charge is 0.490 e. The lowest BCUT2D eigenvalue weighted by Crippen LogP contribution is -2.22. The lowest BCUT2D eigenvalue weighted by atomic mass is 10.0. The van der Waals surface area contributed by atoms with Gasteiger partial charge >= 0.3 is 0 Å². The van der Waals surface area contributed by atoms with E-state index in [0.717, 1.165) is 12.8 Å². The van der Waals surface area contributed by atoms with Gasteiger partial charge in [-0.2, -0.15) is 0 Å². The zero-order valence-electron chi connectivity index (χ0n) is 11.2. The third-order valence-electron chi connectivity index (χ3n) is 3.38. The van der Waals surface area contributed by atoms with E-state index in [-0.39, 0.29) is 23.1 Å². The zero-order chi connectivity index (χ0) is 13.8. The van der Waals surface area contributed by atoms with Crippen LogP contribution < -0.4 is 0 Å². The van der Waals surface area contributed by atoms with Crippen LogP contribution >= 0.6 is 11.8 Å². The number of ketones is 2. The van der Waals surface area contributed by atoms with Gasteiger partial charge in [-0.3, -0.25) is 9.59 Å². The third-order valence-corrected chi connectivity index (χ3v) is 4.74. The first-order valence-corrected chi connectivity index (χ1v) is 7.35. The van der Waals surface area contributed by atoms with Gasteiger partial charge in [-0.15, -0.1) is 11.8 Å². The number of allylic oxidation sites excluding steroid dienone is 2. The second kappa shape index (κ2) is 6.28. The van der Waals surface area contributed by atoms with Crippen molar-refractivity contribution in [2.75, 3.05) is 14.2 Å². The molecule has 2 rings (SSSR count). The molecule has 1 saturated carbocycles. The van der Waals surface area contributed by atoms with Gasteiger partial charge < -0.3 is 9.47 Å². The van der Waals surface area contributed by atoms with Gasteiger partial charge in [-0.25, -0.2) is 0 Å². The van der Waals surface area contributed by atoms with Crippen LogP contribution in [0.25, 0.3) is 0 Å². The van der Waals surface area contributed by atoms with Crippen molar-refractivity contribution in [2.24, 2.45) is 0 Å². The minimum absolute atomic E-state index is 0.000458. The second-order valence-corrected chi connectivity index (χ2v) is 5.99. The van der Waals surface area contributed by atoms with Crippen molar-refractivity contribution in [1.82, 2.24) is 0 Å². The fourth-order valence-electron chi connectivity index (χ4n) is 2.41. The van der Waals surface area contributed by atoms with Crippen molar-refractivity contribution in [2.45, 2.75) is 37.4 Å². The molecular formula is C14H18O4S. The Morgan fingerprint density at radius 1 is 1.05 bits per heavy atom. The van der Waals surface area contributed by atoms with E-state index in [9.17, 15) is 9.59 Å². The highest BCUT2D eigenvalue weighted by atomic mass is 32.2. The van der Waals surface area contributed by atoms with Gasteiger partial charge in [-0.1, -0.05) is 19.3 Å². The van der Waals surface area contributed by atoms with Crippen LogP contribution in [0.15, 0.2) is 22.5 Å². The van der Waals surface area contributed by atoms with E-state index in [1.165, 1.54) is 51.3 Å². The summed E-state index contributed by atoms with van der Waals surface area (Å²) in [4.78, 5) is 24.6. The normalized spacial score (nSPS) is 21.5. The summed E-state index contributed by atoms with van der Waals surface area (Å²) in [6.07, 6.45) is 7.25. The summed E-state index contributed by atoms with van der Waals surface area (Å²) in [6.45, 7) is 0. The molecule has 0 saturated heterocycles. The van der Waals surface area contributed by atoms with Crippen LogP contribution in [-0.2, 0) is 19.1 Å². The topological polar surface area (TPSA) is 52.6 Å². The van der Waals surface area contributed by atoms with E-state index in [0.29, 0.717) is 10.2 Å². The molecule has 19 heavy (non-hydrogen) atoms. The molecule has 4 nitrogen and oxygen atoms in total. The van der Waals surface area contributed by atoms with Crippen LogP contribution in [0.2, 0.25) is 0 Å². The summed E-state index contributed by atoms with van der Waals surface area (Å²) in [6, 6.07) is 0. The molecule has 5 heteroatoms. The zero-order valence-corrected chi connectivity index (χ0v) is 12.0. The average Bonchev–Trinajstić information content (AvgIpc) is 2.43. The van der Waals surface area contributed by atoms with Gasteiger partial charge in [0.1, 0.15) is 0 Å². The maximum absolute atomic E-state index is 12.2. The molecule has 1 fully saturated rings. The predicted molar refractivity (Wildman–Crippen MR) is 73.6 cm³/mol. The van der Waals surface area contributed by atoms with Gasteiger partial charge in [-0.05, 0) is 12.8 Å². The molecule has 104 valence electrons. The van der Waals surface area contributed by atoms with E-state index in [2.05, 4.69) is 0 Å². The lowest BCUT2D eigenvalue weighted by molar-refractivity contribution is -0.119. The highest BCUT2D eigenvalue weighted by molar-refractivity contribution is 8.04. The maximum atomic E-state index is 12.2. The quantitative estimate of drug-likeness (QED) is 0.742. The Balaban J connectivity index is 2.14. The Hall–Kier alpha value is -1.23. The van der Waals surface area contributed by atoms with Crippen LogP contribution in [0.1, 0.15) is 32.1 Å². The van der Waals surface area contributed by atoms with Crippen molar-refractivity contribution in [3.05, 3.63) is 22.5 Å². The molecule has 0 bridgehead atoms. The molecule has 0 heterocycles. The van der Waals surface area contributed by atoms with Gasteiger partial charge in [0, 0.05) is 11.3 Å². The van der Waals surface area contributed by atoms with E-state index in [1.54, 1.807) is 0 Å². The molecule has 0 atom stereocenters.